The summed E-state index contributed by atoms with van der Waals surface area (Å²) >= 11 is 3.49. The molecule has 1 fully saturated rings. The molecule has 200 valence electrons. The molecule has 1 amide bonds. The Hall–Kier alpha value is -4.09. The van der Waals surface area contributed by atoms with Gasteiger partial charge in [0.2, 0.25) is 0 Å². The minimum atomic E-state index is -0.974. The lowest BCUT2D eigenvalue weighted by atomic mass is 10.1. The van der Waals surface area contributed by atoms with Gasteiger partial charge >= 0.3 is 5.97 Å². The molecule has 9 heteroatoms. The largest absolute Gasteiger partial charge is 0.493 e. The first-order valence-corrected chi connectivity index (χ1v) is 14.1. The predicted octanol–water partition coefficient (Wildman–Crippen LogP) is 7.39. The van der Waals surface area contributed by atoms with Crippen molar-refractivity contribution in [3.8, 4) is 11.5 Å². The molecule has 0 radical (unpaired) electrons. The molecular formula is C31H23IN2O5S. The molecule has 40 heavy (non-hydrogen) atoms. The van der Waals surface area contributed by atoms with E-state index in [0.717, 1.165) is 26.1 Å². The fourth-order valence-corrected chi connectivity index (χ4v) is 5.76. The van der Waals surface area contributed by atoms with Crippen LogP contribution in [-0.4, -0.2) is 29.3 Å². The molecule has 1 aliphatic heterocycles. The zero-order valence-corrected chi connectivity index (χ0v) is 24.3. The number of carboxylic acid groups (broad SMARTS) is 1. The second kappa shape index (κ2) is 12.4. The van der Waals surface area contributed by atoms with Crippen LogP contribution in [0.15, 0.2) is 107 Å². The van der Waals surface area contributed by atoms with Crippen LogP contribution in [0.5, 0.6) is 11.5 Å². The SMILES string of the molecule is COc1cc(/C=C2/SC(=Nc3ccccc3)N(c3ccccc3)C2=O)cc(I)c1OCc1ccc(C(=O)O)cc1. The summed E-state index contributed by atoms with van der Waals surface area (Å²) in [5, 5.41) is 9.67. The summed E-state index contributed by atoms with van der Waals surface area (Å²) in [4.78, 5) is 31.6. The van der Waals surface area contributed by atoms with E-state index in [1.807, 2.05) is 78.9 Å². The number of carbonyl (C=O) groups excluding carboxylic acids is 1. The van der Waals surface area contributed by atoms with Crippen molar-refractivity contribution in [2.45, 2.75) is 6.61 Å². The summed E-state index contributed by atoms with van der Waals surface area (Å²) in [6, 6.07) is 29.3. The summed E-state index contributed by atoms with van der Waals surface area (Å²) in [6.07, 6.45) is 1.83. The van der Waals surface area contributed by atoms with Gasteiger partial charge in [0.25, 0.3) is 5.91 Å². The normalized spacial score (nSPS) is 15.1. The maximum atomic E-state index is 13.6. The molecular weight excluding hydrogens is 639 g/mol. The molecule has 1 heterocycles. The van der Waals surface area contributed by atoms with Gasteiger partial charge in [-0.3, -0.25) is 9.69 Å². The zero-order chi connectivity index (χ0) is 28.1. The van der Waals surface area contributed by atoms with Crippen LogP contribution in [0.1, 0.15) is 21.5 Å². The van der Waals surface area contributed by atoms with E-state index in [1.165, 1.54) is 11.8 Å². The van der Waals surface area contributed by atoms with Gasteiger partial charge in [0.15, 0.2) is 16.7 Å². The molecule has 0 bridgehead atoms. The van der Waals surface area contributed by atoms with Crippen LogP contribution in [0.4, 0.5) is 11.4 Å². The third-order valence-corrected chi connectivity index (χ3v) is 7.71. The first-order valence-electron chi connectivity index (χ1n) is 12.2. The number of hydrogen-bond acceptors (Lipinski definition) is 6. The molecule has 5 rings (SSSR count). The number of carboxylic acids is 1. The topological polar surface area (TPSA) is 88.4 Å². The van der Waals surface area contributed by atoms with E-state index in [0.29, 0.717) is 21.6 Å². The van der Waals surface area contributed by atoms with Gasteiger partial charge in [-0.1, -0.05) is 48.5 Å². The van der Waals surface area contributed by atoms with E-state index in [9.17, 15) is 9.59 Å². The molecule has 1 saturated heterocycles. The number of nitrogens with zero attached hydrogens (tertiary/aromatic N) is 2. The maximum Gasteiger partial charge on any atom is 0.335 e. The summed E-state index contributed by atoms with van der Waals surface area (Å²) in [5.41, 5.74) is 3.33. The lowest BCUT2D eigenvalue weighted by Crippen LogP contribution is -2.28. The average Bonchev–Trinajstić information content (AvgIpc) is 3.27. The number of anilines is 1. The molecule has 0 spiro atoms. The van der Waals surface area contributed by atoms with Crippen molar-refractivity contribution in [1.82, 2.24) is 0 Å². The summed E-state index contributed by atoms with van der Waals surface area (Å²) < 4.78 is 12.5. The lowest BCUT2D eigenvalue weighted by molar-refractivity contribution is -0.113. The van der Waals surface area contributed by atoms with Gasteiger partial charge in [-0.05, 0) is 100 Å². The van der Waals surface area contributed by atoms with E-state index in [4.69, 9.17) is 19.6 Å². The average molecular weight is 663 g/mol. The van der Waals surface area contributed by atoms with Crippen LogP contribution in [0.25, 0.3) is 6.08 Å². The van der Waals surface area contributed by atoms with E-state index >= 15 is 0 Å². The van der Waals surface area contributed by atoms with Crippen molar-refractivity contribution in [1.29, 1.82) is 0 Å². The molecule has 0 unspecified atom stereocenters. The molecule has 1 N–H and O–H groups in total. The maximum absolute atomic E-state index is 13.6. The molecule has 4 aromatic rings. The summed E-state index contributed by atoms with van der Waals surface area (Å²) in [5.74, 6) is -0.0488. The summed E-state index contributed by atoms with van der Waals surface area (Å²) in [7, 11) is 1.56. The Labute approximate surface area is 249 Å². The molecule has 1 aliphatic rings. The van der Waals surface area contributed by atoms with Crippen LogP contribution in [0.2, 0.25) is 0 Å². The third-order valence-electron chi connectivity index (χ3n) is 5.94. The Morgan fingerprint density at radius 3 is 2.33 bits per heavy atom. The van der Waals surface area contributed by atoms with E-state index in [1.54, 1.807) is 36.3 Å². The first kappa shape index (κ1) is 27.5. The van der Waals surface area contributed by atoms with E-state index in [-0.39, 0.29) is 18.1 Å². The standard InChI is InChI=1S/C31H23IN2O5S/c1-38-26-17-21(16-25(32)28(26)39-19-20-12-14-22(15-13-20)30(36)37)18-27-29(35)34(24-10-6-3-7-11-24)31(40-27)33-23-8-4-2-5-9-23/h2-18H,19H2,1H3,(H,36,37)/b27-18+,33-31?. The molecule has 0 saturated carbocycles. The molecule has 7 nitrogen and oxygen atoms in total. The van der Waals surface area contributed by atoms with Gasteiger partial charge < -0.3 is 14.6 Å². The van der Waals surface area contributed by atoms with Crippen molar-refractivity contribution in [3.05, 3.63) is 122 Å². The van der Waals surface area contributed by atoms with Crippen molar-refractivity contribution < 1.29 is 24.2 Å². The fraction of sp³-hybridized carbons (Fsp3) is 0.0645. The smallest absolute Gasteiger partial charge is 0.335 e. The van der Waals surface area contributed by atoms with Crippen molar-refractivity contribution in [2.75, 3.05) is 12.0 Å². The highest BCUT2D eigenvalue weighted by Crippen LogP contribution is 2.39. The number of thioether (sulfide) groups is 1. The van der Waals surface area contributed by atoms with E-state index < -0.39 is 5.97 Å². The number of halogens is 1. The van der Waals surface area contributed by atoms with Gasteiger partial charge in [-0.15, -0.1) is 0 Å². The van der Waals surface area contributed by atoms with Crippen molar-refractivity contribution in [2.24, 2.45) is 4.99 Å². The Morgan fingerprint density at radius 1 is 1.00 bits per heavy atom. The van der Waals surface area contributed by atoms with Crippen LogP contribution < -0.4 is 14.4 Å². The minimum Gasteiger partial charge on any atom is -0.493 e. The number of amides is 1. The number of benzene rings is 4. The van der Waals surface area contributed by atoms with Gasteiger partial charge in [-0.2, -0.15) is 0 Å². The first-order chi connectivity index (χ1) is 19.4. The number of methoxy groups -OCH3 is 1. The monoisotopic (exact) mass is 662 g/mol. The number of ether oxygens (including phenoxy) is 2. The van der Waals surface area contributed by atoms with Gasteiger partial charge in [0, 0.05) is 0 Å². The highest BCUT2D eigenvalue weighted by Gasteiger charge is 2.34. The van der Waals surface area contributed by atoms with Crippen LogP contribution in [0, 0.1) is 3.57 Å². The zero-order valence-electron chi connectivity index (χ0n) is 21.3. The number of para-hydroxylation sites is 2. The van der Waals surface area contributed by atoms with E-state index in [2.05, 4.69) is 22.6 Å². The Bertz CT molecular complexity index is 1610. The summed E-state index contributed by atoms with van der Waals surface area (Å²) in [6.45, 7) is 0.242. The number of aromatic carboxylic acids is 1. The quantitative estimate of drug-likeness (QED) is 0.157. The molecule has 0 aliphatic carbocycles. The van der Waals surface area contributed by atoms with Gasteiger partial charge in [-0.25, -0.2) is 9.79 Å². The third kappa shape index (κ3) is 6.21. The van der Waals surface area contributed by atoms with Crippen LogP contribution in [0.3, 0.4) is 0 Å². The van der Waals surface area contributed by atoms with Crippen LogP contribution in [-0.2, 0) is 11.4 Å². The minimum absolute atomic E-state index is 0.162. The molecule has 4 aromatic carbocycles. The number of amidine groups is 1. The van der Waals surface area contributed by atoms with Gasteiger partial charge in [0.1, 0.15) is 6.61 Å². The Kier molecular flexibility index (Phi) is 8.51. The van der Waals surface area contributed by atoms with Crippen molar-refractivity contribution >= 4 is 68.8 Å². The lowest BCUT2D eigenvalue weighted by Gasteiger charge is -2.15. The highest BCUT2D eigenvalue weighted by atomic mass is 127. The Morgan fingerprint density at radius 2 is 1.68 bits per heavy atom. The molecule has 0 atom stereocenters. The number of rotatable bonds is 8. The number of aliphatic imine (C=N–C) groups is 1. The van der Waals surface area contributed by atoms with Crippen molar-refractivity contribution in [3.63, 3.8) is 0 Å². The molecule has 0 aromatic heterocycles. The Balaban J connectivity index is 1.43. The predicted molar refractivity (Wildman–Crippen MR) is 166 cm³/mol. The number of hydrogen-bond donors (Lipinski definition) is 1. The number of carbonyl (C=O) groups is 2. The fourth-order valence-electron chi connectivity index (χ4n) is 3.98. The second-order valence-electron chi connectivity index (χ2n) is 8.64. The van der Waals surface area contributed by atoms with Crippen LogP contribution >= 0.6 is 34.4 Å². The second-order valence-corrected chi connectivity index (χ2v) is 10.8. The highest BCUT2D eigenvalue weighted by molar-refractivity contribution is 14.1. The van der Waals surface area contributed by atoms with Gasteiger partial charge in [0.05, 0.1) is 32.5 Å².